The summed E-state index contributed by atoms with van der Waals surface area (Å²) in [6.07, 6.45) is 2.45. The summed E-state index contributed by atoms with van der Waals surface area (Å²) < 4.78 is 11.2. The summed E-state index contributed by atoms with van der Waals surface area (Å²) in [6.45, 7) is 2.70. The molecule has 0 fully saturated rings. The predicted molar refractivity (Wildman–Crippen MR) is 78.8 cm³/mol. The smallest absolute Gasteiger partial charge is 0.227 e. The van der Waals surface area contributed by atoms with Gasteiger partial charge in [0.2, 0.25) is 5.91 Å². The third-order valence-corrected chi connectivity index (χ3v) is 4.24. The lowest BCUT2D eigenvalue weighted by molar-refractivity contribution is -0.123. The molecule has 1 amide bonds. The van der Waals surface area contributed by atoms with Gasteiger partial charge in [0.05, 0.1) is 5.92 Å². The second-order valence-corrected chi connectivity index (χ2v) is 6.48. The normalized spacial score (nSPS) is 20.8. The molecule has 1 aliphatic rings. The van der Waals surface area contributed by atoms with Crippen LogP contribution in [0.4, 0.5) is 5.69 Å². The van der Waals surface area contributed by atoms with Gasteiger partial charge in [-0.1, -0.05) is 18.2 Å². The summed E-state index contributed by atoms with van der Waals surface area (Å²) in [7, 11) is -0.889. The summed E-state index contributed by atoms with van der Waals surface area (Å²) in [5, 5.41) is 6.27. The lowest BCUT2D eigenvalue weighted by Gasteiger charge is -2.27. The molecular formula is C14H20N2O2S. The van der Waals surface area contributed by atoms with Gasteiger partial charge in [0.1, 0.15) is 0 Å². The van der Waals surface area contributed by atoms with Crippen molar-refractivity contribution in [3.8, 4) is 0 Å². The quantitative estimate of drug-likeness (QED) is 0.878. The number of carbonyl (C=O) groups is 1. The van der Waals surface area contributed by atoms with Gasteiger partial charge in [0.25, 0.3) is 0 Å². The van der Waals surface area contributed by atoms with Crippen molar-refractivity contribution in [3.05, 3.63) is 29.8 Å². The first kappa shape index (κ1) is 14.1. The van der Waals surface area contributed by atoms with Crippen LogP contribution in [0, 0.1) is 0 Å². The number of nitrogens with one attached hydrogen (secondary N) is 2. The van der Waals surface area contributed by atoms with E-state index < -0.39 is 10.8 Å². The lowest BCUT2D eigenvalue weighted by atomic mass is 9.90. The molecule has 0 saturated heterocycles. The van der Waals surface area contributed by atoms with Gasteiger partial charge in [-0.25, -0.2) is 0 Å². The molecule has 1 aliphatic heterocycles. The molecule has 3 unspecified atom stereocenters. The van der Waals surface area contributed by atoms with E-state index in [1.807, 2.05) is 31.2 Å². The molecule has 2 N–H and O–H groups in total. The van der Waals surface area contributed by atoms with Crippen molar-refractivity contribution >= 4 is 22.4 Å². The molecule has 1 heterocycles. The zero-order valence-corrected chi connectivity index (χ0v) is 12.1. The fourth-order valence-corrected chi connectivity index (χ4v) is 3.27. The molecule has 4 nitrogen and oxygen atoms in total. The first-order chi connectivity index (χ1) is 9.08. The minimum atomic E-state index is -0.889. The minimum absolute atomic E-state index is 0.0342. The van der Waals surface area contributed by atoms with E-state index in [-0.39, 0.29) is 17.9 Å². The van der Waals surface area contributed by atoms with E-state index >= 15 is 0 Å². The van der Waals surface area contributed by atoms with Gasteiger partial charge in [-0.3, -0.25) is 9.00 Å². The number of anilines is 1. The van der Waals surface area contributed by atoms with Crippen LogP contribution in [0.2, 0.25) is 0 Å². The van der Waals surface area contributed by atoms with Crippen molar-refractivity contribution in [3.63, 3.8) is 0 Å². The number of para-hydroxylation sites is 1. The zero-order chi connectivity index (χ0) is 13.8. The van der Waals surface area contributed by atoms with Crippen molar-refractivity contribution in [2.45, 2.75) is 25.3 Å². The molecule has 5 heteroatoms. The number of benzene rings is 1. The summed E-state index contributed by atoms with van der Waals surface area (Å²) in [5.41, 5.74) is 2.09. The van der Waals surface area contributed by atoms with Crippen LogP contribution in [-0.2, 0) is 15.6 Å². The van der Waals surface area contributed by atoms with E-state index in [2.05, 4.69) is 10.6 Å². The van der Waals surface area contributed by atoms with Crippen molar-refractivity contribution in [1.29, 1.82) is 0 Å². The van der Waals surface area contributed by atoms with Crippen LogP contribution in [0.1, 0.15) is 24.8 Å². The van der Waals surface area contributed by atoms with Gasteiger partial charge in [-0.15, -0.1) is 0 Å². The van der Waals surface area contributed by atoms with Crippen LogP contribution >= 0.6 is 0 Å². The topological polar surface area (TPSA) is 58.2 Å². The number of hydrogen-bond donors (Lipinski definition) is 2. The van der Waals surface area contributed by atoms with Crippen LogP contribution in [0.25, 0.3) is 0 Å². The number of hydrogen-bond acceptors (Lipinski definition) is 3. The second kappa shape index (κ2) is 6.19. The zero-order valence-electron chi connectivity index (χ0n) is 11.3. The Morgan fingerprint density at radius 3 is 3.00 bits per heavy atom. The maximum atomic E-state index is 12.3. The largest absolute Gasteiger partial charge is 0.385 e. The molecular weight excluding hydrogens is 260 g/mol. The highest BCUT2D eigenvalue weighted by Crippen LogP contribution is 2.31. The molecule has 3 atom stereocenters. The molecule has 104 valence electrons. The first-order valence-corrected chi connectivity index (χ1v) is 8.24. The number of fused-ring (bicyclic) bond motifs is 1. The average molecular weight is 280 g/mol. The Kier molecular flexibility index (Phi) is 4.58. The third kappa shape index (κ3) is 3.56. The molecule has 2 rings (SSSR count). The maximum Gasteiger partial charge on any atom is 0.227 e. The van der Waals surface area contributed by atoms with Crippen LogP contribution in [0.15, 0.2) is 24.3 Å². The van der Waals surface area contributed by atoms with Gasteiger partial charge >= 0.3 is 0 Å². The molecule has 1 aromatic rings. The Labute approximate surface area is 116 Å². The van der Waals surface area contributed by atoms with Crippen molar-refractivity contribution < 1.29 is 9.00 Å². The van der Waals surface area contributed by atoms with Crippen molar-refractivity contribution in [1.82, 2.24) is 5.32 Å². The second-order valence-electron chi connectivity index (χ2n) is 5.00. The van der Waals surface area contributed by atoms with Crippen LogP contribution in [0.3, 0.4) is 0 Å². The molecule has 19 heavy (non-hydrogen) atoms. The van der Waals surface area contributed by atoms with Crippen molar-refractivity contribution in [2.75, 3.05) is 23.9 Å². The summed E-state index contributed by atoms with van der Waals surface area (Å²) in [4.78, 5) is 12.3. The van der Waals surface area contributed by atoms with E-state index in [0.717, 1.165) is 24.2 Å². The maximum absolute atomic E-state index is 12.3. The van der Waals surface area contributed by atoms with Crippen LogP contribution in [0.5, 0.6) is 0 Å². The highest BCUT2D eigenvalue weighted by molar-refractivity contribution is 7.84. The number of amides is 1. The van der Waals surface area contributed by atoms with Crippen LogP contribution in [-0.4, -0.2) is 34.7 Å². The average Bonchev–Trinajstić information content (AvgIpc) is 2.36. The summed E-state index contributed by atoms with van der Waals surface area (Å²) >= 11 is 0. The fraction of sp³-hybridized carbons (Fsp3) is 0.500. The monoisotopic (exact) mass is 280 g/mol. The molecule has 0 spiro atoms. The van der Waals surface area contributed by atoms with Gasteiger partial charge < -0.3 is 10.6 Å². The Bertz CT molecular complexity index is 490. The molecule has 0 radical (unpaired) electrons. The van der Waals surface area contributed by atoms with Crippen molar-refractivity contribution in [2.24, 2.45) is 0 Å². The first-order valence-electron chi connectivity index (χ1n) is 6.51. The van der Waals surface area contributed by atoms with E-state index in [4.69, 9.17) is 0 Å². The van der Waals surface area contributed by atoms with E-state index in [1.54, 1.807) is 6.26 Å². The summed E-state index contributed by atoms with van der Waals surface area (Å²) in [6, 6.07) is 7.86. The molecule has 0 aliphatic carbocycles. The lowest BCUT2D eigenvalue weighted by Crippen LogP contribution is -2.40. The highest BCUT2D eigenvalue weighted by Gasteiger charge is 2.26. The Balaban J connectivity index is 2.06. The number of carbonyl (C=O) groups excluding carboxylic acids is 1. The third-order valence-electron chi connectivity index (χ3n) is 3.27. The van der Waals surface area contributed by atoms with Gasteiger partial charge in [0.15, 0.2) is 0 Å². The van der Waals surface area contributed by atoms with Crippen LogP contribution < -0.4 is 10.6 Å². The van der Waals surface area contributed by atoms with E-state index in [1.165, 1.54) is 0 Å². The molecule has 0 bridgehead atoms. The predicted octanol–water partition coefficient (Wildman–Crippen LogP) is 1.47. The minimum Gasteiger partial charge on any atom is -0.385 e. The highest BCUT2D eigenvalue weighted by atomic mass is 32.2. The number of rotatable bonds is 4. The standard InChI is InChI=1S/C14H20N2O2S/c1-10(9-19(2)18)16-14(17)12-7-8-15-13-6-4-3-5-11(12)13/h3-6,10,12,15H,7-9H2,1-2H3,(H,16,17). The molecule has 0 aromatic heterocycles. The van der Waals surface area contributed by atoms with Gasteiger partial charge in [-0.2, -0.15) is 0 Å². The summed E-state index contributed by atoms with van der Waals surface area (Å²) in [5.74, 6) is 0.426. The SMILES string of the molecule is CC(CS(C)=O)NC(=O)C1CCNc2ccccc21. The van der Waals surface area contributed by atoms with E-state index in [9.17, 15) is 9.00 Å². The molecule has 0 saturated carbocycles. The van der Waals surface area contributed by atoms with Gasteiger partial charge in [0, 0.05) is 41.1 Å². The van der Waals surface area contributed by atoms with Gasteiger partial charge in [-0.05, 0) is 25.0 Å². The Morgan fingerprint density at radius 2 is 2.26 bits per heavy atom. The fourth-order valence-electron chi connectivity index (χ4n) is 2.48. The Morgan fingerprint density at radius 1 is 1.53 bits per heavy atom. The van der Waals surface area contributed by atoms with E-state index in [0.29, 0.717) is 5.75 Å². The molecule has 1 aromatic carbocycles. The Hall–Kier alpha value is -1.36.